The third-order valence-corrected chi connectivity index (χ3v) is 4.15. The third kappa shape index (κ3) is 4.03. The van der Waals surface area contributed by atoms with Crippen LogP contribution >= 0.6 is 11.6 Å². The summed E-state index contributed by atoms with van der Waals surface area (Å²) in [5, 5.41) is 6.49. The van der Waals surface area contributed by atoms with Gasteiger partial charge in [0, 0.05) is 11.3 Å². The van der Waals surface area contributed by atoms with Crippen molar-refractivity contribution >= 4 is 23.2 Å². The maximum Gasteiger partial charge on any atom is 0.255 e. The standard InChI is InChI=1S/C19H16ClFN2O3/c1-11-16(12(2)26-23-11)10-25-15-6-3-13(4-7-15)19(24)22-14-5-8-18(21)17(20)9-14/h3-9H,10H2,1-2H3,(H,22,24). The first-order chi connectivity index (χ1) is 12.4. The summed E-state index contributed by atoms with van der Waals surface area (Å²) >= 11 is 5.71. The first kappa shape index (κ1) is 17.9. The van der Waals surface area contributed by atoms with Crippen molar-refractivity contribution in [3.63, 3.8) is 0 Å². The Balaban J connectivity index is 1.63. The molecule has 3 rings (SSSR count). The summed E-state index contributed by atoms with van der Waals surface area (Å²) in [6, 6.07) is 10.7. The molecule has 0 bridgehead atoms. The molecule has 5 nitrogen and oxygen atoms in total. The maximum atomic E-state index is 13.2. The number of ether oxygens (including phenoxy) is 1. The maximum absolute atomic E-state index is 13.2. The number of rotatable bonds is 5. The molecule has 0 saturated carbocycles. The molecule has 2 aromatic carbocycles. The zero-order valence-corrected chi connectivity index (χ0v) is 14.9. The Bertz CT molecular complexity index is 919. The van der Waals surface area contributed by atoms with Gasteiger partial charge in [-0.25, -0.2) is 4.39 Å². The number of amides is 1. The molecule has 0 fully saturated rings. The minimum Gasteiger partial charge on any atom is -0.489 e. The summed E-state index contributed by atoms with van der Waals surface area (Å²) < 4.78 is 24.0. The van der Waals surface area contributed by atoms with Crippen molar-refractivity contribution in [2.45, 2.75) is 20.5 Å². The van der Waals surface area contributed by atoms with Crippen LogP contribution in [0.15, 0.2) is 47.0 Å². The number of halogens is 2. The number of aromatic nitrogens is 1. The molecule has 0 saturated heterocycles. The smallest absolute Gasteiger partial charge is 0.255 e. The van der Waals surface area contributed by atoms with Gasteiger partial charge in [-0.15, -0.1) is 0 Å². The van der Waals surface area contributed by atoms with Crippen LogP contribution in [0.5, 0.6) is 5.75 Å². The largest absolute Gasteiger partial charge is 0.489 e. The number of hydrogen-bond donors (Lipinski definition) is 1. The molecule has 1 heterocycles. The fraction of sp³-hybridized carbons (Fsp3) is 0.158. The van der Waals surface area contributed by atoms with Crippen molar-refractivity contribution in [1.82, 2.24) is 5.16 Å². The zero-order valence-electron chi connectivity index (χ0n) is 14.2. The van der Waals surface area contributed by atoms with E-state index >= 15 is 0 Å². The summed E-state index contributed by atoms with van der Waals surface area (Å²) in [5.41, 5.74) is 2.55. The number of carbonyl (C=O) groups is 1. The summed E-state index contributed by atoms with van der Waals surface area (Å²) in [7, 11) is 0. The van der Waals surface area contributed by atoms with Gasteiger partial charge in [0.25, 0.3) is 5.91 Å². The average Bonchev–Trinajstić information content (AvgIpc) is 2.95. The van der Waals surface area contributed by atoms with Gasteiger partial charge in [-0.2, -0.15) is 0 Å². The van der Waals surface area contributed by atoms with Crippen molar-refractivity contribution in [1.29, 1.82) is 0 Å². The van der Waals surface area contributed by atoms with Gasteiger partial charge in [0.2, 0.25) is 0 Å². The van der Waals surface area contributed by atoms with E-state index in [0.29, 0.717) is 23.6 Å². The average molecular weight is 375 g/mol. The molecule has 26 heavy (non-hydrogen) atoms. The van der Waals surface area contributed by atoms with Crippen LogP contribution in [-0.2, 0) is 6.61 Å². The Kier molecular flexibility index (Phi) is 5.23. The van der Waals surface area contributed by atoms with Crippen molar-refractivity contribution < 1.29 is 18.4 Å². The van der Waals surface area contributed by atoms with Gasteiger partial charge in [-0.05, 0) is 56.3 Å². The molecule has 134 valence electrons. The molecule has 0 aliphatic rings. The van der Waals surface area contributed by atoms with Gasteiger partial charge >= 0.3 is 0 Å². The lowest BCUT2D eigenvalue weighted by atomic mass is 10.2. The first-order valence-electron chi connectivity index (χ1n) is 7.85. The van der Waals surface area contributed by atoms with Crippen molar-refractivity contribution in [3.05, 3.63) is 75.9 Å². The molecule has 1 amide bonds. The highest BCUT2D eigenvalue weighted by molar-refractivity contribution is 6.31. The fourth-order valence-corrected chi connectivity index (χ4v) is 2.52. The van der Waals surface area contributed by atoms with Crippen molar-refractivity contribution in [2.24, 2.45) is 0 Å². The highest BCUT2D eigenvalue weighted by Crippen LogP contribution is 2.21. The lowest BCUT2D eigenvalue weighted by Gasteiger charge is -2.08. The van der Waals surface area contributed by atoms with Gasteiger partial charge in [0.15, 0.2) is 0 Å². The van der Waals surface area contributed by atoms with E-state index in [1.807, 2.05) is 13.8 Å². The highest BCUT2D eigenvalue weighted by atomic mass is 35.5. The van der Waals surface area contributed by atoms with E-state index in [0.717, 1.165) is 17.0 Å². The second-order valence-corrected chi connectivity index (χ2v) is 6.11. The van der Waals surface area contributed by atoms with Gasteiger partial charge < -0.3 is 14.6 Å². The lowest BCUT2D eigenvalue weighted by molar-refractivity contribution is 0.102. The van der Waals surface area contributed by atoms with Gasteiger partial charge in [-0.3, -0.25) is 4.79 Å². The molecule has 0 radical (unpaired) electrons. The van der Waals surface area contributed by atoms with Crippen LogP contribution in [0.4, 0.5) is 10.1 Å². The van der Waals surface area contributed by atoms with Gasteiger partial charge in [-0.1, -0.05) is 16.8 Å². The summed E-state index contributed by atoms with van der Waals surface area (Å²) in [5.74, 6) is 0.470. The van der Waals surface area contributed by atoms with Crippen LogP contribution in [0, 0.1) is 19.7 Å². The molecular formula is C19H16ClFN2O3. The topological polar surface area (TPSA) is 64.4 Å². The SMILES string of the molecule is Cc1noc(C)c1COc1ccc(C(=O)Nc2ccc(F)c(Cl)c2)cc1. The van der Waals surface area contributed by atoms with Gasteiger partial charge in [0.05, 0.1) is 16.3 Å². The van der Waals surface area contributed by atoms with E-state index in [-0.39, 0.29) is 10.9 Å². The normalized spacial score (nSPS) is 10.6. The Morgan fingerprint density at radius 3 is 2.58 bits per heavy atom. The monoisotopic (exact) mass is 374 g/mol. The van der Waals surface area contributed by atoms with Crippen molar-refractivity contribution in [2.75, 3.05) is 5.32 Å². The molecule has 0 unspecified atom stereocenters. The second-order valence-electron chi connectivity index (χ2n) is 5.70. The molecule has 0 atom stereocenters. The van der Waals surface area contributed by atoms with Crippen LogP contribution in [0.25, 0.3) is 0 Å². The zero-order chi connectivity index (χ0) is 18.7. The number of anilines is 1. The third-order valence-electron chi connectivity index (χ3n) is 3.86. The van der Waals surface area contributed by atoms with E-state index in [9.17, 15) is 9.18 Å². The molecular weight excluding hydrogens is 359 g/mol. The quantitative estimate of drug-likeness (QED) is 0.688. The van der Waals surface area contributed by atoms with Crippen LogP contribution < -0.4 is 10.1 Å². The minimum absolute atomic E-state index is 0.0501. The van der Waals surface area contributed by atoms with E-state index < -0.39 is 5.82 Å². The van der Waals surface area contributed by atoms with Crippen molar-refractivity contribution in [3.8, 4) is 5.75 Å². The first-order valence-corrected chi connectivity index (χ1v) is 8.23. The number of benzene rings is 2. The summed E-state index contributed by atoms with van der Waals surface area (Å²) in [6.45, 7) is 4.01. The Labute approximate surface area is 154 Å². The van der Waals surface area contributed by atoms with Crippen LogP contribution in [0.3, 0.4) is 0 Å². The summed E-state index contributed by atoms with van der Waals surface area (Å²) in [4.78, 5) is 12.2. The number of nitrogens with zero attached hydrogens (tertiary/aromatic N) is 1. The van der Waals surface area contributed by atoms with E-state index in [4.69, 9.17) is 20.9 Å². The minimum atomic E-state index is -0.538. The van der Waals surface area contributed by atoms with E-state index in [1.54, 1.807) is 24.3 Å². The van der Waals surface area contributed by atoms with Crippen LogP contribution in [-0.4, -0.2) is 11.1 Å². The molecule has 1 aromatic heterocycles. The molecule has 0 spiro atoms. The summed E-state index contributed by atoms with van der Waals surface area (Å²) in [6.07, 6.45) is 0. The fourth-order valence-electron chi connectivity index (χ4n) is 2.34. The molecule has 0 aliphatic carbocycles. The number of aryl methyl sites for hydroxylation is 2. The van der Waals surface area contributed by atoms with E-state index in [1.165, 1.54) is 18.2 Å². The Morgan fingerprint density at radius 1 is 1.23 bits per heavy atom. The molecule has 1 N–H and O–H groups in total. The number of nitrogens with one attached hydrogen (secondary N) is 1. The molecule has 3 aromatic rings. The second kappa shape index (κ2) is 7.58. The predicted molar refractivity (Wildman–Crippen MR) is 96.1 cm³/mol. The highest BCUT2D eigenvalue weighted by Gasteiger charge is 2.11. The molecule has 0 aliphatic heterocycles. The lowest BCUT2D eigenvalue weighted by Crippen LogP contribution is -2.11. The van der Waals surface area contributed by atoms with Gasteiger partial charge in [0.1, 0.15) is 23.9 Å². The Morgan fingerprint density at radius 2 is 1.96 bits per heavy atom. The van der Waals surface area contributed by atoms with E-state index in [2.05, 4.69) is 10.5 Å². The number of hydrogen-bond acceptors (Lipinski definition) is 4. The van der Waals surface area contributed by atoms with Crippen LogP contribution in [0.2, 0.25) is 5.02 Å². The Hall–Kier alpha value is -2.86. The van der Waals surface area contributed by atoms with Crippen LogP contribution in [0.1, 0.15) is 27.4 Å². The number of carbonyl (C=O) groups excluding carboxylic acids is 1. The molecule has 7 heteroatoms. The predicted octanol–water partition coefficient (Wildman–Crippen LogP) is 4.92.